The lowest BCUT2D eigenvalue weighted by atomic mass is 10.1. The highest BCUT2D eigenvalue weighted by Crippen LogP contribution is 2.35. The first-order valence-corrected chi connectivity index (χ1v) is 8.60. The zero-order chi connectivity index (χ0) is 18.3. The number of ether oxygens (including phenoxy) is 2. The number of aryl methyl sites for hydroxylation is 1. The molecule has 6 nitrogen and oxygen atoms in total. The van der Waals surface area contributed by atoms with Crippen molar-refractivity contribution < 1.29 is 19.1 Å². The van der Waals surface area contributed by atoms with Gasteiger partial charge in [-0.15, -0.1) is 0 Å². The second-order valence-corrected chi connectivity index (χ2v) is 6.68. The molecule has 0 bridgehead atoms. The molecule has 0 unspecified atom stereocenters. The number of fused-ring (bicyclic) bond motifs is 1. The number of nitrogens with one attached hydrogen (secondary N) is 1. The van der Waals surface area contributed by atoms with Gasteiger partial charge in [0.05, 0.1) is 5.92 Å². The third-order valence-corrected chi connectivity index (χ3v) is 5.00. The Labute approximate surface area is 151 Å². The lowest BCUT2D eigenvalue weighted by Gasteiger charge is -2.20. The van der Waals surface area contributed by atoms with Gasteiger partial charge < -0.3 is 19.7 Å². The molecule has 2 aliphatic rings. The van der Waals surface area contributed by atoms with Crippen LogP contribution in [0.3, 0.4) is 0 Å². The Morgan fingerprint density at radius 2 is 1.96 bits per heavy atom. The monoisotopic (exact) mass is 352 g/mol. The molecular weight excluding hydrogens is 332 g/mol. The van der Waals surface area contributed by atoms with E-state index in [1.54, 1.807) is 23.1 Å². The van der Waals surface area contributed by atoms with E-state index in [1.807, 2.05) is 32.0 Å². The maximum absolute atomic E-state index is 12.6. The summed E-state index contributed by atoms with van der Waals surface area (Å²) in [5.74, 6) is 0.713. The van der Waals surface area contributed by atoms with Gasteiger partial charge in [0.25, 0.3) is 0 Å². The first kappa shape index (κ1) is 16.4. The second-order valence-electron chi connectivity index (χ2n) is 6.68. The number of hydrogen-bond acceptors (Lipinski definition) is 4. The molecule has 2 aromatic rings. The number of benzene rings is 2. The topological polar surface area (TPSA) is 67.9 Å². The van der Waals surface area contributed by atoms with E-state index in [1.165, 1.54) is 0 Å². The van der Waals surface area contributed by atoms with Crippen molar-refractivity contribution in [2.75, 3.05) is 23.6 Å². The van der Waals surface area contributed by atoms with Crippen molar-refractivity contribution >= 4 is 23.2 Å². The Bertz CT molecular complexity index is 893. The van der Waals surface area contributed by atoms with Crippen LogP contribution in [0.5, 0.6) is 11.5 Å². The fraction of sp³-hybridized carbons (Fsp3) is 0.300. The molecule has 26 heavy (non-hydrogen) atoms. The van der Waals surface area contributed by atoms with Crippen LogP contribution in [0.2, 0.25) is 0 Å². The molecule has 0 aromatic heterocycles. The summed E-state index contributed by atoms with van der Waals surface area (Å²) in [6.07, 6.45) is 0.212. The SMILES string of the molecule is Cc1cccc(N2C[C@H](C(=O)Nc3ccc4c(c3)OCO4)CC2=O)c1C. The van der Waals surface area contributed by atoms with Crippen molar-refractivity contribution in [1.29, 1.82) is 0 Å². The minimum Gasteiger partial charge on any atom is -0.454 e. The maximum atomic E-state index is 12.6. The summed E-state index contributed by atoms with van der Waals surface area (Å²) in [4.78, 5) is 26.8. The van der Waals surface area contributed by atoms with Crippen molar-refractivity contribution in [2.24, 2.45) is 5.92 Å². The summed E-state index contributed by atoms with van der Waals surface area (Å²) in [5.41, 5.74) is 3.71. The second kappa shape index (κ2) is 6.37. The van der Waals surface area contributed by atoms with E-state index < -0.39 is 0 Å². The molecule has 1 fully saturated rings. The Morgan fingerprint density at radius 3 is 2.81 bits per heavy atom. The van der Waals surface area contributed by atoms with E-state index in [-0.39, 0.29) is 30.9 Å². The highest BCUT2D eigenvalue weighted by Gasteiger charge is 2.36. The fourth-order valence-electron chi connectivity index (χ4n) is 3.36. The van der Waals surface area contributed by atoms with Crippen LogP contribution >= 0.6 is 0 Å². The van der Waals surface area contributed by atoms with Gasteiger partial charge in [0.15, 0.2) is 11.5 Å². The number of anilines is 2. The lowest BCUT2D eigenvalue weighted by Crippen LogP contribution is -2.28. The summed E-state index contributed by atoms with van der Waals surface area (Å²) in [6.45, 7) is 4.59. The van der Waals surface area contributed by atoms with Gasteiger partial charge in [0.2, 0.25) is 18.6 Å². The molecule has 1 N–H and O–H groups in total. The van der Waals surface area contributed by atoms with Gasteiger partial charge >= 0.3 is 0 Å². The minimum absolute atomic E-state index is 0.0236. The molecule has 4 rings (SSSR count). The molecule has 0 saturated carbocycles. The molecule has 2 amide bonds. The molecule has 1 saturated heterocycles. The molecule has 134 valence electrons. The average molecular weight is 352 g/mol. The van der Waals surface area contributed by atoms with E-state index in [9.17, 15) is 9.59 Å². The van der Waals surface area contributed by atoms with Crippen LogP contribution < -0.4 is 19.7 Å². The minimum atomic E-state index is -0.382. The molecule has 0 aliphatic carbocycles. The van der Waals surface area contributed by atoms with Crippen molar-refractivity contribution in [3.05, 3.63) is 47.5 Å². The number of rotatable bonds is 3. The Hall–Kier alpha value is -3.02. The van der Waals surface area contributed by atoms with Crippen molar-refractivity contribution in [1.82, 2.24) is 0 Å². The molecule has 6 heteroatoms. The van der Waals surface area contributed by atoms with Crippen molar-refractivity contribution in [3.8, 4) is 11.5 Å². The fourth-order valence-corrected chi connectivity index (χ4v) is 3.36. The smallest absolute Gasteiger partial charge is 0.231 e. The van der Waals surface area contributed by atoms with Gasteiger partial charge in [-0.05, 0) is 43.2 Å². The lowest BCUT2D eigenvalue weighted by molar-refractivity contribution is -0.122. The number of nitrogens with zero attached hydrogens (tertiary/aromatic N) is 1. The highest BCUT2D eigenvalue weighted by molar-refractivity contribution is 6.04. The third kappa shape index (κ3) is 2.87. The van der Waals surface area contributed by atoms with Gasteiger partial charge in [-0.1, -0.05) is 12.1 Å². The average Bonchev–Trinajstić information content (AvgIpc) is 3.23. The summed E-state index contributed by atoms with van der Waals surface area (Å²) in [5, 5.41) is 2.88. The van der Waals surface area contributed by atoms with Crippen LogP contribution in [0.1, 0.15) is 17.5 Å². The Kier molecular flexibility index (Phi) is 4.03. The Balaban J connectivity index is 1.48. The molecule has 1 atom stereocenters. The number of carbonyl (C=O) groups is 2. The number of amides is 2. The van der Waals surface area contributed by atoms with Crippen LogP contribution in [0.25, 0.3) is 0 Å². The first-order chi connectivity index (χ1) is 12.5. The summed E-state index contributed by atoms with van der Waals surface area (Å²) >= 11 is 0. The van der Waals surface area contributed by atoms with E-state index in [0.717, 1.165) is 16.8 Å². The van der Waals surface area contributed by atoms with Gasteiger partial charge in [-0.3, -0.25) is 9.59 Å². The van der Waals surface area contributed by atoms with Crippen LogP contribution in [-0.4, -0.2) is 25.2 Å². The normalized spacial score (nSPS) is 18.3. The molecule has 2 heterocycles. The zero-order valence-corrected chi connectivity index (χ0v) is 14.7. The molecular formula is C20H20N2O4. The predicted octanol–water partition coefficient (Wildman–Crippen LogP) is 3.02. The summed E-state index contributed by atoms with van der Waals surface area (Å²) in [7, 11) is 0. The molecule has 2 aliphatic heterocycles. The maximum Gasteiger partial charge on any atom is 0.231 e. The van der Waals surface area contributed by atoms with Gasteiger partial charge in [-0.25, -0.2) is 0 Å². The van der Waals surface area contributed by atoms with Crippen molar-refractivity contribution in [2.45, 2.75) is 20.3 Å². The molecule has 2 aromatic carbocycles. The van der Waals surface area contributed by atoms with Gasteiger partial charge in [-0.2, -0.15) is 0 Å². The molecule has 0 radical (unpaired) electrons. The van der Waals surface area contributed by atoms with Crippen LogP contribution in [0.15, 0.2) is 36.4 Å². The largest absolute Gasteiger partial charge is 0.454 e. The van der Waals surface area contributed by atoms with Crippen molar-refractivity contribution in [3.63, 3.8) is 0 Å². The van der Waals surface area contributed by atoms with Crippen LogP contribution in [-0.2, 0) is 9.59 Å². The van der Waals surface area contributed by atoms with E-state index in [4.69, 9.17) is 9.47 Å². The van der Waals surface area contributed by atoms with Crippen LogP contribution in [0.4, 0.5) is 11.4 Å². The van der Waals surface area contributed by atoms with Crippen LogP contribution in [0, 0.1) is 19.8 Å². The van der Waals surface area contributed by atoms with Gasteiger partial charge in [0.1, 0.15) is 0 Å². The quantitative estimate of drug-likeness (QED) is 0.922. The van der Waals surface area contributed by atoms with E-state index in [2.05, 4.69) is 5.32 Å². The molecule has 0 spiro atoms. The summed E-state index contributed by atoms with van der Waals surface area (Å²) in [6, 6.07) is 11.1. The van der Waals surface area contributed by atoms with E-state index in [0.29, 0.717) is 23.7 Å². The first-order valence-electron chi connectivity index (χ1n) is 8.60. The third-order valence-electron chi connectivity index (χ3n) is 5.00. The number of hydrogen-bond donors (Lipinski definition) is 1. The zero-order valence-electron chi connectivity index (χ0n) is 14.7. The van der Waals surface area contributed by atoms with Gasteiger partial charge in [0, 0.05) is 30.4 Å². The number of carbonyl (C=O) groups excluding carboxylic acids is 2. The Morgan fingerprint density at radius 1 is 1.15 bits per heavy atom. The standard InChI is InChI=1S/C20H20N2O4/c1-12-4-3-5-16(13(12)2)22-10-14(8-19(22)23)20(24)21-15-6-7-17-18(9-15)26-11-25-17/h3-7,9,14H,8,10-11H2,1-2H3,(H,21,24)/t14-/m1/s1. The summed E-state index contributed by atoms with van der Waals surface area (Å²) < 4.78 is 10.6. The highest BCUT2D eigenvalue weighted by atomic mass is 16.7. The van der Waals surface area contributed by atoms with E-state index >= 15 is 0 Å². The predicted molar refractivity (Wildman–Crippen MR) is 97.6 cm³/mol.